The Kier molecular flexibility index (Phi) is 5.29. The molecule has 0 aliphatic carbocycles. The summed E-state index contributed by atoms with van der Waals surface area (Å²) < 4.78 is 18.7. The summed E-state index contributed by atoms with van der Waals surface area (Å²) in [6.45, 7) is 1.95. The molecule has 2 aromatic carbocycles. The molecule has 2 unspecified atom stereocenters. The van der Waals surface area contributed by atoms with Gasteiger partial charge in [-0.3, -0.25) is 4.79 Å². The molecule has 0 bridgehead atoms. The molecule has 25 heavy (non-hydrogen) atoms. The van der Waals surface area contributed by atoms with Crippen LogP contribution < -0.4 is 5.32 Å². The Morgan fingerprint density at radius 2 is 1.72 bits per heavy atom. The highest BCUT2D eigenvalue weighted by Crippen LogP contribution is 2.29. The van der Waals surface area contributed by atoms with Crippen molar-refractivity contribution in [3.63, 3.8) is 0 Å². The number of amides is 1. The highest BCUT2D eigenvalue weighted by Gasteiger charge is 2.22. The SMILES string of the molecule is CC(NC(=O)CC(c1ccc(F)cc1)c1ccco1)c1ccccc1. The quantitative estimate of drug-likeness (QED) is 0.701. The number of carbonyl (C=O) groups excluding carboxylic acids is 1. The first-order valence-electron chi connectivity index (χ1n) is 8.26. The summed E-state index contributed by atoms with van der Waals surface area (Å²) in [6.07, 6.45) is 1.81. The van der Waals surface area contributed by atoms with E-state index >= 15 is 0 Å². The van der Waals surface area contributed by atoms with E-state index in [9.17, 15) is 9.18 Å². The number of rotatable bonds is 6. The van der Waals surface area contributed by atoms with E-state index in [2.05, 4.69) is 5.32 Å². The molecule has 1 amide bonds. The largest absolute Gasteiger partial charge is 0.469 e. The van der Waals surface area contributed by atoms with E-state index in [1.807, 2.05) is 43.3 Å². The van der Waals surface area contributed by atoms with Crippen LogP contribution in [-0.2, 0) is 4.79 Å². The van der Waals surface area contributed by atoms with Gasteiger partial charge in [0.15, 0.2) is 0 Å². The Morgan fingerprint density at radius 1 is 1.00 bits per heavy atom. The normalized spacial score (nSPS) is 13.2. The predicted molar refractivity (Wildman–Crippen MR) is 94.6 cm³/mol. The standard InChI is InChI=1S/C21H20FNO2/c1-15(16-6-3-2-4-7-16)23-21(24)14-19(20-8-5-13-25-20)17-9-11-18(22)12-10-17/h2-13,15,19H,14H2,1H3,(H,23,24). The van der Waals surface area contributed by atoms with Gasteiger partial charge in [0, 0.05) is 6.42 Å². The van der Waals surface area contributed by atoms with Crippen molar-refractivity contribution in [3.8, 4) is 0 Å². The average Bonchev–Trinajstić information content (AvgIpc) is 3.15. The Labute approximate surface area is 146 Å². The fourth-order valence-electron chi connectivity index (χ4n) is 2.88. The van der Waals surface area contributed by atoms with Gasteiger partial charge in [0.2, 0.25) is 5.91 Å². The molecule has 0 spiro atoms. The van der Waals surface area contributed by atoms with Crippen molar-refractivity contribution in [3.05, 3.63) is 95.7 Å². The van der Waals surface area contributed by atoms with Crippen LogP contribution in [0.2, 0.25) is 0 Å². The van der Waals surface area contributed by atoms with Gasteiger partial charge in [0.25, 0.3) is 0 Å². The van der Waals surface area contributed by atoms with Crippen molar-refractivity contribution >= 4 is 5.91 Å². The van der Waals surface area contributed by atoms with Gasteiger partial charge in [-0.15, -0.1) is 0 Å². The Morgan fingerprint density at radius 3 is 2.36 bits per heavy atom. The average molecular weight is 337 g/mol. The molecule has 4 heteroatoms. The molecule has 3 nitrogen and oxygen atoms in total. The van der Waals surface area contributed by atoms with E-state index < -0.39 is 0 Å². The lowest BCUT2D eigenvalue weighted by Crippen LogP contribution is -2.28. The van der Waals surface area contributed by atoms with E-state index in [-0.39, 0.29) is 30.1 Å². The molecule has 0 radical (unpaired) electrons. The summed E-state index contributed by atoms with van der Waals surface area (Å²) in [4.78, 5) is 12.5. The summed E-state index contributed by atoms with van der Waals surface area (Å²) in [5, 5.41) is 3.02. The minimum atomic E-state index is -0.302. The Hall–Kier alpha value is -2.88. The van der Waals surface area contributed by atoms with Gasteiger partial charge in [-0.25, -0.2) is 4.39 Å². The number of hydrogen-bond acceptors (Lipinski definition) is 2. The van der Waals surface area contributed by atoms with Crippen molar-refractivity contribution in [2.24, 2.45) is 0 Å². The number of carbonyl (C=O) groups is 1. The molecular formula is C21H20FNO2. The molecule has 1 heterocycles. The van der Waals surface area contributed by atoms with Crippen molar-refractivity contribution in [1.29, 1.82) is 0 Å². The van der Waals surface area contributed by atoms with Crippen LogP contribution in [-0.4, -0.2) is 5.91 Å². The first kappa shape index (κ1) is 17.0. The minimum Gasteiger partial charge on any atom is -0.469 e. The van der Waals surface area contributed by atoms with Crippen LogP contribution in [0.5, 0.6) is 0 Å². The number of halogens is 1. The van der Waals surface area contributed by atoms with Crippen molar-refractivity contribution in [1.82, 2.24) is 5.32 Å². The third-order valence-corrected chi connectivity index (χ3v) is 4.23. The van der Waals surface area contributed by atoms with Gasteiger partial charge in [-0.05, 0) is 42.3 Å². The second-order valence-corrected chi connectivity index (χ2v) is 6.02. The predicted octanol–water partition coefficient (Wildman–Crippen LogP) is 4.82. The first-order chi connectivity index (χ1) is 12.1. The van der Waals surface area contributed by atoms with Gasteiger partial charge in [0.1, 0.15) is 11.6 Å². The molecular weight excluding hydrogens is 317 g/mol. The lowest BCUT2D eigenvalue weighted by atomic mass is 9.92. The summed E-state index contributed by atoms with van der Waals surface area (Å²) >= 11 is 0. The summed E-state index contributed by atoms with van der Waals surface area (Å²) in [7, 11) is 0. The highest BCUT2D eigenvalue weighted by molar-refractivity contribution is 5.77. The lowest BCUT2D eigenvalue weighted by Gasteiger charge is -2.18. The molecule has 2 atom stereocenters. The van der Waals surface area contributed by atoms with Gasteiger partial charge in [-0.1, -0.05) is 42.5 Å². The number of benzene rings is 2. The zero-order valence-electron chi connectivity index (χ0n) is 14.0. The second-order valence-electron chi connectivity index (χ2n) is 6.02. The van der Waals surface area contributed by atoms with E-state index in [1.54, 1.807) is 24.5 Å². The first-order valence-corrected chi connectivity index (χ1v) is 8.26. The van der Waals surface area contributed by atoms with Crippen LogP contribution in [0.25, 0.3) is 0 Å². The van der Waals surface area contributed by atoms with Gasteiger partial charge in [-0.2, -0.15) is 0 Å². The molecule has 3 aromatic rings. The fourth-order valence-corrected chi connectivity index (χ4v) is 2.88. The van der Waals surface area contributed by atoms with E-state index in [0.29, 0.717) is 5.76 Å². The molecule has 0 aliphatic rings. The van der Waals surface area contributed by atoms with Gasteiger partial charge in [0.05, 0.1) is 18.2 Å². The lowest BCUT2D eigenvalue weighted by molar-refractivity contribution is -0.122. The molecule has 0 saturated heterocycles. The van der Waals surface area contributed by atoms with Crippen LogP contribution in [0.3, 0.4) is 0 Å². The van der Waals surface area contributed by atoms with Crippen molar-refractivity contribution in [2.45, 2.75) is 25.3 Å². The van der Waals surface area contributed by atoms with Crippen LogP contribution in [0.15, 0.2) is 77.4 Å². The Bertz CT molecular complexity index is 798. The van der Waals surface area contributed by atoms with E-state index in [0.717, 1.165) is 11.1 Å². The molecule has 0 saturated carbocycles. The van der Waals surface area contributed by atoms with Crippen molar-refractivity contribution in [2.75, 3.05) is 0 Å². The van der Waals surface area contributed by atoms with Gasteiger partial charge >= 0.3 is 0 Å². The maximum atomic E-state index is 13.2. The van der Waals surface area contributed by atoms with E-state index in [4.69, 9.17) is 4.42 Å². The molecule has 0 fully saturated rings. The van der Waals surface area contributed by atoms with Crippen LogP contribution >= 0.6 is 0 Å². The Balaban J connectivity index is 1.74. The molecule has 3 rings (SSSR count). The zero-order chi connectivity index (χ0) is 17.6. The number of hydrogen-bond donors (Lipinski definition) is 1. The maximum Gasteiger partial charge on any atom is 0.221 e. The third kappa shape index (κ3) is 4.35. The zero-order valence-corrected chi connectivity index (χ0v) is 14.0. The topological polar surface area (TPSA) is 42.2 Å². The van der Waals surface area contributed by atoms with Crippen LogP contribution in [0.4, 0.5) is 4.39 Å². The van der Waals surface area contributed by atoms with Gasteiger partial charge < -0.3 is 9.73 Å². The number of nitrogens with one attached hydrogen (secondary N) is 1. The highest BCUT2D eigenvalue weighted by atomic mass is 19.1. The summed E-state index contributed by atoms with van der Waals surface area (Å²) in [5.41, 5.74) is 1.89. The monoisotopic (exact) mass is 337 g/mol. The smallest absolute Gasteiger partial charge is 0.221 e. The van der Waals surface area contributed by atoms with Crippen LogP contribution in [0, 0.1) is 5.82 Å². The number of furan rings is 1. The fraction of sp³-hybridized carbons (Fsp3) is 0.190. The minimum absolute atomic E-state index is 0.0814. The maximum absolute atomic E-state index is 13.2. The summed E-state index contributed by atoms with van der Waals surface area (Å²) in [6, 6.07) is 19.5. The second kappa shape index (κ2) is 7.79. The molecule has 1 N–H and O–H groups in total. The van der Waals surface area contributed by atoms with E-state index in [1.165, 1.54) is 12.1 Å². The summed E-state index contributed by atoms with van der Waals surface area (Å²) in [5.74, 6) is 0.0545. The molecule has 128 valence electrons. The molecule has 0 aliphatic heterocycles. The third-order valence-electron chi connectivity index (χ3n) is 4.23. The van der Waals surface area contributed by atoms with Crippen LogP contribution in [0.1, 0.15) is 42.2 Å². The molecule has 1 aromatic heterocycles. The van der Waals surface area contributed by atoms with Crippen molar-refractivity contribution < 1.29 is 13.6 Å².